The minimum absolute atomic E-state index is 0.259. The van der Waals surface area contributed by atoms with Crippen LogP contribution in [0.3, 0.4) is 0 Å². The van der Waals surface area contributed by atoms with Crippen LogP contribution < -0.4 is 5.48 Å². The van der Waals surface area contributed by atoms with Gasteiger partial charge in [0.1, 0.15) is 5.52 Å². The van der Waals surface area contributed by atoms with E-state index in [-0.39, 0.29) is 5.56 Å². The molecule has 1 amide bonds. The van der Waals surface area contributed by atoms with Crippen molar-refractivity contribution in [3.05, 3.63) is 72.0 Å². The van der Waals surface area contributed by atoms with Gasteiger partial charge in [0.05, 0.1) is 0 Å². The lowest BCUT2D eigenvalue weighted by atomic mass is 10.0. The van der Waals surface area contributed by atoms with Gasteiger partial charge in [-0.2, -0.15) is 0 Å². The molecular formula is C20H13FN2O4. The lowest BCUT2D eigenvalue weighted by Gasteiger charge is -2.04. The van der Waals surface area contributed by atoms with Gasteiger partial charge in [0, 0.05) is 11.1 Å². The van der Waals surface area contributed by atoms with Crippen LogP contribution in [0.2, 0.25) is 0 Å². The number of rotatable bonds is 3. The van der Waals surface area contributed by atoms with E-state index in [1.165, 1.54) is 24.3 Å². The molecule has 27 heavy (non-hydrogen) atoms. The van der Waals surface area contributed by atoms with Gasteiger partial charge < -0.3 is 9.52 Å². The fraction of sp³-hybridized carbons (Fsp3) is 0. The number of nitrogens with zero attached hydrogens (tertiary/aromatic N) is 1. The lowest BCUT2D eigenvalue weighted by molar-refractivity contribution is 0.0706. The first kappa shape index (κ1) is 16.7. The molecule has 4 rings (SSSR count). The zero-order valence-corrected chi connectivity index (χ0v) is 13.8. The molecule has 0 unspecified atom stereocenters. The van der Waals surface area contributed by atoms with Gasteiger partial charge in [-0.1, -0.05) is 18.2 Å². The third kappa shape index (κ3) is 3.11. The number of phenolic OH excluding ortho intramolecular Hbond substituents is 1. The van der Waals surface area contributed by atoms with Crippen LogP contribution in [0.4, 0.5) is 4.39 Å². The number of aromatic nitrogens is 1. The van der Waals surface area contributed by atoms with Gasteiger partial charge in [-0.25, -0.2) is 14.9 Å². The van der Waals surface area contributed by atoms with Crippen LogP contribution >= 0.6 is 0 Å². The molecule has 134 valence electrons. The first-order valence-corrected chi connectivity index (χ1v) is 7.99. The van der Waals surface area contributed by atoms with Crippen molar-refractivity contribution in [1.29, 1.82) is 0 Å². The average molecular weight is 364 g/mol. The van der Waals surface area contributed by atoms with Crippen LogP contribution in [-0.2, 0) is 0 Å². The van der Waals surface area contributed by atoms with Gasteiger partial charge in [-0.05, 0) is 53.6 Å². The van der Waals surface area contributed by atoms with Crippen LogP contribution in [0.15, 0.2) is 65.1 Å². The normalized spacial score (nSPS) is 10.9. The number of benzene rings is 3. The Kier molecular flexibility index (Phi) is 4.06. The van der Waals surface area contributed by atoms with E-state index in [2.05, 4.69) is 4.98 Å². The molecule has 0 aliphatic carbocycles. The van der Waals surface area contributed by atoms with E-state index >= 15 is 0 Å². The molecular weight excluding hydrogens is 351 g/mol. The number of phenols is 1. The molecule has 0 aliphatic rings. The Morgan fingerprint density at radius 3 is 2.37 bits per heavy atom. The standard InChI is InChI=1S/C20H13FN2O4/c21-15-9-13(5-7-17(15)24)11-1-3-12(4-2-11)20-22-16-10-14(19(25)23-26)6-8-18(16)27-20/h1-10,24,26H,(H,23,25). The molecule has 4 aromatic rings. The van der Waals surface area contributed by atoms with Crippen molar-refractivity contribution in [3.8, 4) is 28.3 Å². The summed E-state index contributed by atoms with van der Waals surface area (Å²) in [7, 11) is 0. The number of hydrogen-bond donors (Lipinski definition) is 3. The van der Waals surface area contributed by atoms with Gasteiger partial charge >= 0.3 is 0 Å². The monoisotopic (exact) mass is 364 g/mol. The van der Waals surface area contributed by atoms with Crippen LogP contribution in [0.5, 0.6) is 5.75 Å². The highest BCUT2D eigenvalue weighted by Crippen LogP contribution is 2.29. The summed E-state index contributed by atoms with van der Waals surface area (Å²) in [4.78, 5) is 15.9. The molecule has 1 aromatic heterocycles. The number of oxazole rings is 1. The zero-order chi connectivity index (χ0) is 19.0. The van der Waals surface area contributed by atoms with Crippen molar-refractivity contribution in [3.63, 3.8) is 0 Å². The van der Waals surface area contributed by atoms with E-state index in [0.717, 1.165) is 5.56 Å². The minimum atomic E-state index is -0.682. The zero-order valence-electron chi connectivity index (χ0n) is 13.8. The first-order valence-electron chi connectivity index (χ1n) is 7.99. The Balaban J connectivity index is 1.67. The maximum Gasteiger partial charge on any atom is 0.274 e. The molecule has 3 N–H and O–H groups in total. The van der Waals surface area contributed by atoms with Crippen molar-refractivity contribution in [1.82, 2.24) is 10.5 Å². The fourth-order valence-corrected chi connectivity index (χ4v) is 2.75. The van der Waals surface area contributed by atoms with E-state index in [1.807, 2.05) is 0 Å². The second-order valence-electron chi connectivity index (χ2n) is 5.89. The molecule has 3 aromatic carbocycles. The van der Waals surface area contributed by atoms with E-state index in [9.17, 15) is 14.3 Å². The smallest absolute Gasteiger partial charge is 0.274 e. The van der Waals surface area contributed by atoms with Gasteiger partial charge in [0.25, 0.3) is 5.91 Å². The molecule has 1 heterocycles. The SMILES string of the molecule is O=C(NO)c1ccc2oc(-c3ccc(-c4ccc(O)c(F)c4)cc3)nc2c1. The molecule has 0 fully saturated rings. The highest BCUT2D eigenvalue weighted by Gasteiger charge is 2.12. The number of nitrogens with one attached hydrogen (secondary N) is 1. The van der Waals surface area contributed by atoms with Gasteiger partial charge in [-0.15, -0.1) is 0 Å². The summed E-state index contributed by atoms with van der Waals surface area (Å²) in [6.45, 7) is 0. The predicted octanol–water partition coefficient (Wildman–Crippen LogP) is 4.13. The van der Waals surface area contributed by atoms with Crippen LogP contribution in [0, 0.1) is 5.82 Å². The van der Waals surface area contributed by atoms with E-state index in [1.54, 1.807) is 41.9 Å². The molecule has 7 heteroatoms. The number of carbonyl (C=O) groups is 1. The van der Waals surface area contributed by atoms with Crippen LogP contribution in [-0.4, -0.2) is 21.2 Å². The third-order valence-corrected chi connectivity index (χ3v) is 4.16. The second kappa shape index (κ2) is 6.54. The second-order valence-corrected chi connectivity index (χ2v) is 5.89. The summed E-state index contributed by atoms with van der Waals surface area (Å²) in [6.07, 6.45) is 0. The Labute approximate surface area is 152 Å². The van der Waals surface area contributed by atoms with Gasteiger partial charge in [-0.3, -0.25) is 10.0 Å². The summed E-state index contributed by atoms with van der Waals surface area (Å²) in [6, 6.07) is 16.0. The highest BCUT2D eigenvalue weighted by molar-refractivity contribution is 5.96. The highest BCUT2D eigenvalue weighted by atomic mass is 19.1. The molecule has 0 radical (unpaired) electrons. The topological polar surface area (TPSA) is 95.6 Å². The Hall–Kier alpha value is -3.71. The third-order valence-electron chi connectivity index (χ3n) is 4.16. The Morgan fingerprint density at radius 2 is 1.67 bits per heavy atom. The molecule has 0 atom stereocenters. The summed E-state index contributed by atoms with van der Waals surface area (Å²) in [5.74, 6) is -1.34. The van der Waals surface area contributed by atoms with Crippen molar-refractivity contribution >= 4 is 17.0 Å². The van der Waals surface area contributed by atoms with E-state index in [0.29, 0.717) is 28.1 Å². The molecule has 0 bridgehead atoms. The number of hydrogen-bond acceptors (Lipinski definition) is 5. The summed E-state index contributed by atoms with van der Waals surface area (Å²) in [5, 5.41) is 18.0. The number of fused-ring (bicyclic) bond motifs is 1. The number of halogens is 1. The average Bonchev–Trinajstić information content (AvgIpc) is 3.13. The fourth-order valence-electron chi connectivity index (χ4n) is 2.75. The molecule has 0 saturated heterocycles. The minimum Gasteiger partial charge on any atom is -0.505 e. The van der Waals surface area contributed by atoms with Gasteiger partial charge in [0.15, 0.2) is 17.1 Å². The lowest BCUT2D eigenvalue weighted by Crippen LogP contribution is -2.18. The Morgan fingerprint density at radius 1 is 0.963 bits per heavy atom. The maximum absolute atomic E-state index is 13.5. The number of aromatic hydroxyl groups is 1. The van der Waals surface area contributed by atoms with Crippen molar-refractivity contribution < 1.29 is 23.9 Å². The largest absolute Gasteiger partial charge is 0.505 e. The van der Waals surface area contributed by atoms with Crippen LogP contribution in [0.25, 0.3) is 33.7 Å². The van der Waals surface area contributed by atoms with Crippen LogP contribution in [0.1, 0.15) is 10.4 Å². The predicted molar refractivity (Wildman–Crippen MR) is 95.8 cm³/mol. The van der Waals surface area contributed by atoms with Crippen molar-refractivity contribution in [2.75, 3.05) is 0 Å². The number of amides is 1. The molecule has 0 saturated carbocycles. The summed E-state index contributed by atoms with van der Waals surface area (Å²) in [5.41, 5.74) is 4.94. The Bertz CT molecular complexity index is 1150. The number of hydroxylamine groups is 1. The van der Waals surface area contributed by atoms with Gasteiger partial charge in [0.2, 0.25) is 5.89 Å². The van der Waals surface area contributed by atoms with Crippen molar-refractivity contribution in [2.24, 2.45) is 0 Å². The molecule has 6 nitrogen and oxygen atoms in total. The number of carbonyl (C=O) groups excluding carboxylic acids is 1. The van der Waals surface area contributed by atoms with E-state index < -0.39 is 17.5 Å². The quantitative estimate of drug-likeness (QED) is 0.375. The maximum atomic E-state index is 13.5. The molecule has 0 spiro atoms. The van der Waals surface area contributed by atoms with E-state index in [4.69, 9.17) is 9.62 Å². The summed E-state index contributed by atoms with van der Waals surface area (Å²) >= 11 is 0. The van der Waals surface area contributed by atoms with Crippen molar-refractivity contribution in [2.45, 2.75) is 0 Å². The summed E-state index contributed by atoms with van der Waals surface area (Å²) < 4.78 is 19.2. The molecule has 0 aliphatic heterocycles. The first-order chi connectivity index (χ1) is 13.0.